The monoisotopic (exact) mass is 495 g/mol. The van der Waals surface area contributed by atoms with Crippen molar-refractivity contribution in [2.24, 2.45) is 4.99 Å². The van der Waals surface area contributed by atoms with Gasteiger partial charge in [-0.1, -0.05) is 12.8 Å². The van der Waals surface area contributed by atoms with Gasteiger partial charge in [-0.3, -0.25) is 4.79 Å². The van der Waals surface area contributed by atoms with Crippen LogP contribution in [-0.4, -0.2) is 43.3 Å². The molecule has 8 heteroatoms. The van der Waals surface area contributed by atoms with E-state index in [1.54, 1.807) is 25.3 Å². The van der Waals surface area contributed by atoms with Crippen LogP contribution in [0.25, 0.3) is 0 Å². The Morgan fingerprint density at radius 2 is 2.00 bits per heavy atom. The molecule has 27 heavy (non-hydrogen) atoms. The van der Waals surface area contributed by atoms with E-state index in [2.05, 4.69) is 15.6 Å². The molecule has 1 rings (SSSR count). The predicted octanol–water partition coefficient (Wildman–Crippen LogP) is 3.17. The van der Waals surface area contributed by atoms with Crippen molar-refractivity contribution >= 4 is 35.9 Å². The summed E-state index contributed by atoms with van der Waals surface area (Å²) in [6, 6.07) is 3.49. The number of carbonyl (C=O) groups is 1. The molecule has 1 unspecified atom stereocenters. The molecular formula is C19H34IN3O4. The zero-order chi connectivity index (χ0) is 19.3. The van der Waals surface area contributed by atoms with Gasteiger partial charge in [0.1, 0.15) is 11.4 Å². The Morgan fingerprint density at radius 1 is 1.26 bits per heavy atom. The lowest BCUT2D eigenvalue weighted by Crippen LogP contribution is -2.39. The largest absolute Gasteiger partial charge is 0.466 e. The highest BCUT2D eigenvalue weighted by Gasteiger charge is 2.25. The van der Waals surface area contributed by atoms with Gasteiger partial charge in [0.25, 0.3) is 0 Å². The number of halogens is 1. The van der Waals surface area contributed by atoms with E-state index in [0.717, 1.165) is 38.8 Å². The van der Waals surface area contributed by atoms with E-state index in [0.29, 0.717) is 24.7 Å². The Balaban J connectivity index is 0.00000676. The fraction of sp³-hybridized carbons (Fsp3) is 0.684. The maximum atomic E-state index is 11.2. The summed E-state index contributed by atoms with van der Waals surface area (Å²) in [5, 5.41) is 16.9. The van der Waals surface area contributed by atoms with E-state index in [9.17, 15) is 9.90 Å². The van der Waals surface area contributed by atoms with Gasteiger partial charge in [0.2, 0.25) is 0 Å². The topological polar surface area (TPSA) is 96.1 Å². The SMILES string of the molecule is CCNC(=NCC(C)(O)c1ccco1)NCCCCCCC(=O)OCC.I. The number of aliphatic imine (C=N–C) groups is 1. The van der Waals surface area contributed by atoms with Crippen LogP contribution in [-0.2, 0) is 15.1 Å². The molecule has 1 atom stereocenters. The Bertz CT molecular complexity index is 533. The maximum Gasteiger partial charge on any atom is 0.305 e. The lowest BCUT2D eigenvalue weighted by molar-refractivity contribution is -0.143. The number of aliphatic hydroxyl groups is 1. The van der Waals surface area contributed by atoms with E-state index in [-0.39, 0.29) is 36.5 Å². The average molecular weight is 495 g/mol. The second-order valence-corrected chi connectivity index (χ2v) is 6.34. The number of rotatable bonds is 12. The number of hydrogen-bond acceptors (Lipinski definition) is 5. The van der Waals surface area contributed by atoms with Crippen molar-refractivity contribution < 1.29 is 19.1 Å². The highest BCUT2D eigenvalue weighted by molar-refractivity contribution is 14.0. The Kier molecular flexibility index (Phi) is 14.0. The van der Waals surface area contributed by atoms with Crippen molar-refractivity contribution in [1.29, 1.82) is 0 Å². The van der Waals surface area contributed by atoms with Crippen LogP contribution >= 0.6 is 24.0 Å². The van der Waals surface area contributed by atoms with Crippen molar-refractivity contribution in [3.05, 3.63) is 24.2 Å². The van der Waals surface area contributed by atoms with E-state index in [1.807, 2.05) is 13.8 Å². The first kappa shape index (κ1) is 25.7. The number of ether oxygens (including phenoxy) is 1. The number of carbonyl (C=O) groups excluding carboxylic acids is 1. The number of guanidine groups is 1. The average Bonchev–Trinajstić information content (AvgIpc) is 3.14. The molecule has 1 aromatic rings. The third-order valence-corrected chi connectivity index (χ3v) is 3.85. The van der Waals surface area contributed by atoms with Crippen LogP contribution in [0.3, 0.4) is 0 Å². The third-order valence-electron chi connectivity index (χ3n) is 3.85. The highest BCUT2D eigenvalue weighted by Crippen LogP contribution is 2.20. The van der Waals surface area contributed by atoms with Crippen molar-refractivity contribution in [1.82, 2.24) is 10.6 Å². The van der Waals surface area contributed by atoms with Gasteiger partial charge in [-0.15, -0.1) is 24.0 Å². The molecule has 0 amide bonds. The van der Waals surface area contributed by atoms with Crippen LogP contribution in [0.5, 0.6) is 0 Å². The van der Waals surface area contributed by atoms with E-state index >= 15 is 0 Å². The molecule has 0 aliphatic rings. The fourth-order valence-corrected chi connectivity index (χ4v) is 2.43. The Hall–Kier alpha value is -1.29. The standard InChI is InChI=1S/C19H33N3O4.HI/c1-4-20-18(22-15-19(3,24)16-11-10-14-26-16)21-13-9-7-6-8-12-17(23)25-5-2;/h10-11,14,24H,4-9,12-13,15H2,1-3H3,(H2,20,21,22);1H. The molecule has 7 nitrogen and oxygen atoms in total. The van der Waals surface area contributed by atoms with Gasteiger partial charge < -0.3 is 24.9 Å². The van der Waals surface area contributed by atoms with Crippen molar-refractivity contribution in [3.8, 4) is 0 Å². The molecule has 0 fully saturated rings. The van der Waals surface area contributed by atoms with Crippen LogP contribution in [0.2, 0.25) is 0 Å². The van der Waals surface area contributed by atoms with Gasteiger partial charge in [0.05, 0.1) is 19.4 Å². The summed E-state index contributed by atoms with van der Waals surface area (Å²) in [5.74, 6) is 1.06. The van der Waals surface area contributed by atoms with Crippen molar-refractivity contribution in [2.75, 3.05) is 26.2 Å². The smallest absolute Gasteiger partial charge is 0.305 e. The number of nitrogens with zero attached hydrogens (tertiary/aromatic N) is 1. The lowest BCUT2D eigenvalue weighted by Gasteiger charge is -2.19. The summed E-state index contributed by atoms with van der Waals surface area (Å²) in [7, 11) is 0. The zero-order valence-corrected chi connectivity index (χ0v) is 19.0. The molecule has 0 aliphatic heterocycles. The molecule has 0 spiro atoms. The molecule has 3 N–H and O–H groups in total. The number of esters is 1. The zero-order valence-electron chi connectivity index (χ0n) is 16.6. The van der Waals surface area contributed by atoms with E-state index in [1.165, 1.54) is 0 Å². The van der Waals surface area contributed by atoms with Gasteiger partial charge in [-0.25, -0.2) is 4.99 Å². The van der Waals surface area contributed by atoms with Crippen LogP contribution < -0.4 is 10.6 Å². The minimum atomic E-state index is -1.14. The van der Waals surface area contributed by atoms with Gasteiger partial charge in [0, 0.05) is 19.5 Å². The third kappa shape index (κ3) is 11.2. The normalized spacial score (nSPS) is 13.4. The summed E-state index contributed by atoms with van der Waals surface area (Å²) < 4.78 is 10.2. The van der Waals surface area contributed by atoms with E-state index < -0.39 is 5.60 Å². The fourth-order valence-electron chi connectivity index (χ4n) is 2.43. The molecule has 0 saturated carbocycles. The molecule has 156 valence electrons. The minimum Gasteiger partial charge on any atom is -0.466 e. The molecule has 0 saturated heterocycles. The summed E-state index contributed by atoms with van der Waals surface area (Å²) in [5.41, 5.74) is -1.14. The summed E-state index contributed by atoms with van der Waals surface area (Å²) in [6.45, 7) is 7.68. The van der Waals surface area contributed by atoms with Crippen molar-refractivity contribution in [3.63, 3.8) is 0 Å². The van der Waals surface area contributed by atoms with Crippen LogP contribution in [0, 0.1) is 0 Å². The molecule has 1 aromatic heterocycles. The predicted molar refractivity (Wildman–Crippen MR) is 117 cm³/mol. The second kappa shape index (κ2) is 14.7. The molecule has 0 bridgehead atoms. The number of hydrogen-bond donors (Lipinski definition) is 3. The molecule has 0 aromatic carbocycles. The van der Waals surface area contributed by atoms with Gasteiger partial charge in [-0.2, -0.15) is 0 Å². The molecule has 1 heterocycles. The Morgan fingerprint density at radius 3 is 2.63 bits per heavy atom. The highest BCUT2D eigenvalue weighted by atomic mass is 127. The first-order valence-electron chi connectivity index (χ1n) is 9.43. The van der Waals surface area contributed by atoms with Gasteiger partial charge >= 0.3 is 5.97 Å². The minimum absolute atomic E-state index is 0. The van der Waals surface area contributed by atoms with Gasteiger partial charge in [0.15, 0.2) is 5.96 Å². The first-order chi connectivity index (χ1) is 12.5. The first-order valence-corrected chi connectivity index (χ1v) is 9.43. The number of furan rings is 1. The van der Waals surface area contributed by atoms with Crippen LogP contribution in [0.15, 0.2) is 27.8 Å². The molecular weight excluding hydrogens is 461 g/mol. The maximum absolute atomic E-state index is 11.2. The van der Waals surface area contributed by atoms with Gasteiger partial charge in [-0.05, 0) is 45.7 Å². The van der Waals surface area contributed by atoms with E-state index in [4.69, 9.17) is 9.15 Å². The Labute approximate surface area is 179 Å². The van der Waals surface area contributed by atoms with Crippen molar-refractivity contribution in [2.45, 2.75) is 58.5 Å². The molecule has 0 radical (unpaired) electrons. The summed E-state index contributed by atoms with van der Waals surface area (Å²) >= 11 is 0. The second-order valence-electron chi connectivity index (χ2n) is 6.34. The van der Waals surface area contributed by atoms with Crippen LogP contribution in [0.1, 0.15) is 58.6 Å². The van der Waals surface area contributed by atoms with Crippen LogP contribution in [0.4, 0.5) is 0 Å². The number of nitrogens with one attached hydrogen (secondary N) is 2. The quantitative estimate of drug-likeness (QED) is 0.136. The lowest BCUT2D eigenvalue weighted by atomic mass is 10.0. The summed E-state index contributed by atoms with van der Waals surface area (Å²) in [6.07, 6.45) is 5.92. The summed E-state index contributed by atoms with van der Waals surface area (Å²) in [4.78, 5) is 15.7. The molecule has 0 aliphatic carbocycles. The number of unbranched alkanes of at least 4 members (excludes halogenated alkanes) is 3.